The molecule has 2 rings (SSSR count). The third kappa shape index (κ3) is 5.70. The van der Waals surface area contributed by atoms with Crippen molar-refractivity contribution in [2.45, 2.75) is 25.9 Å². The van der Waals surface area contributed by atoms with Crippen LogP contribution in [0.25, 0.3) is 0 Å². The minimum atomic E-state index is -1.03. The van der Waals surface area contributed by atoms with Crippen LogP contribution in [0, 0.1) is 5.82 Å². The minimum Gasteiger partial charge on any atom is -0.383 e. The number of nitrogens with one attached hydrogen (secondary N) is 2. The predicted octanol–water partition coefficient (Wildman–Crippen LogP) is 3.55. The van der Waals surface area contributed by atoms with Crippen LogP contribution >= 0.6 is 22.9 Å². The number of aliphatic imine (C=N–C) groups is 1. The smallest absolute Gasteiger partial charge is 0.191 e. The summed E-state index contributed by atoms with van der Waals surface area (Å²) in [5.74, 6) is 0.266. The average molecular weight is 384 g/mol. The van der Waals surface area contributed by atoms with Crippen LogP contribution in [0.15, 0.2) is 40.0 Å². The van der Waals surface area contributed by atoms with E-state index < -0.39 is 5.60 Å². The summed E-state index contributed by atoms with van der Waals surface area (Å²) in [5.41, 5.74) is 0.296. The van der Waals surface area contributed by atoms with E-state index in [9.17, 15) is 9.50 Å². The molecule has 7 heteroatoms. The van der Waals surface area contributed by atoms with Crippen molar-refractivity contribution in [2.24, 2.45) is 4.99 Å². The van der Waals surface area contributed by atoms with Crippen LogP contribution in [0.2, 0.25) is 5.02 Å². The van der Waals surface area contributed by atoms with Gasteiger partial charge in [0.1, 0.15) is 11.4 Å². The summed E-state index contributed by atoms with van der Waals surface area (Å²) in [7, 11) is 0. The highest BCUT2D eigenvalue weighted by Gasteiger charge is 2.23. The third-order valence-corrected chi connectivity index (χ3v) is 4.80. The Morgan fingerprint density at radius 1 is 1.36 bits per heavy atom. The van der Waals surface area contributed by atoms with E-state index in [-0.39, 0.29) is 12.4 Å². The molecule has 0 amide bonds. The van der Waals surface area contributed by atoms with Crippen molar-refractivity contribution < 1.29 is 9.50 Å². The van der Waals surface area contributed by atoms with E-state index in [2.05, 4.69) is 15.6 Å². The fourth-order valence-electron chi connectivity index (χ4n) is 2.31. The molecule has 2 aromatic rings. The highest BCUT2D eigenvalue weighted by Crippen LogP contribution is 2.23. The molecule has 1 atom stereocenters. The predicted molar refractivity (Wildman–Crippen MR) is 103 cm³/mol. The van der Waals surface area contributed by atoms with Crippen molar-refractivity contribution in [1.29, 1.82) is 0 Å². The van der Waals surface area contributed by atoms with Gasteiger partial charge in [-0.2, -0.15) is 11.3 Å². The summed E-state index contributed by atoms with van der Waals surface area (Å²) in [6.45, 7) is 5.09. The first-order valence-electron chi connectivity index (χ1n) is 8.14. The van der Waals surface area contributed by atoms with Crippen LogP contribution in [0.4, 0.5) is 4.39 Å². The lowest BCUT2D eigenvalue weighted by atomic mass is 10.00. The Hall–Kier alpha value is -1.63. The zero-order valence-corrected chi connectivity index (χ0v) is 15.9. The molecule has 0 aliphatic heterocycles. The van der Waals surface area contributed by atoms with Gasteiger partial charge in [0.25, 0.3) is 0 Å². The highest BCUT2D eigenvalue weighted by atomic mass is 35.5. The summed E-state index contributed by atoms with van der Waals surface area (Å²) in [4.78, 5) is 4.44. The van der Waals surface area contributed by atoms with Crippen molar-refractivity contribution >= 4 is 28.9 Å². The monoisotopic (exact) mass is 383 g/mol. The zero-order chi connectivity index (χ0) is 18.3. The second-order valence-electron chi connectivity index (χ2n) is 5.86. The average Bonchev–Trinajstić information content (AvgIpc) is 3.11. The summed E-state index contributed by atoms with van der Waals surface area (Å²) in [6.07, 6.45) is 0.441. The number of nitrogens with zero attached hydrogens (tertiary/aromatic N) is 1. The maximum atomic E-state index is 13.8. The molecule has 1 aromatic carbocycles. The molecule has 0 aliphatic rings. The Morgan fingerprint density at radius 3 is 2.80 bits per heavy atom. The van der Waals surface area contributed by atoms with E-state index in [0.717, 1.165) is 5.56 Å². The number of thiophene rings is 1. The SMILES string of the molecule is CCNC(=NCC(C)(O)c1ccsc1)NCCc1c(F)cccc1Cl. The maximum absolute atomic E-state index is 13.8. The summed E-state index contributed by atoms with van der Waals surface area (Å²) in [5, 5.41) is 21.1. The van der Waals surface area contributed by atoms with Crippen LogP contribution in [0.5, 0.6) is 0 Å². The molecule has 1 heterocycles. The fourth-order valence-corrected chi connectivity index (χ4v) is 3.35. The van der Waals surface area contributed by atoms with Gasteiger partial charge in [0, 0.05) is 23.7 Å². The quantitative estimate of drug-likeness (QED) is 0.506. The van der Waals surface area contributed by atoms with Crippen LogP contribution in [-0.4, -0.2) is 30.7 Å². The lowest BCUT2D eigenvalue weighted by Crippen LogP contribution is -2.39. The number of benzene rings is 1. The van der Waals surface area contributed by atoms with E-state index in [1.807, 2.05) is 23.8 Å². The van der Waals surface area contributed by atoms with Gasteiger partial charge in [-0.3, -0.25) is 0 Å². The number of halogens is 2. The fraction of sp³-hybridized carbons (Fsp3) is 0.389. The first kappa shape index (κ1) is 19.7. The maximum Gasteiger partial charge on any atom is 0.191 e. The molecule has 0 bridgehead atoms. The normalized spacial score (nSPS) is 14.2. The standard InChI is InChI=1S/C18H23ClFN3OS/c1-3-21-17(23-12-18(2,24)13-8-10-25-11-13)22-9-7-14-15(19)5-4-6-16(14)20/h4-6,8,10-11,24H,3,7,9,12H2,1-2H3,(H2,21,22,23). The number of aliphatic hydroxyl groups is 1. The summed E-state index contributed by atoms with van der Waals surface area (Å²) in [6, 6.07) is 6.56. The molecule has 0 saturated carbocycles. The molecule has 3 N–H and O–H groups in total. The van der Waals surface area contributed by atoms with Crippen molar-refractivity contribution in [2.75, 3.05) is 19.6 Å². The summed E-state index contributed by atoms with van der Waals surface area (Å²) >= 11 is 7.58. The second kappa shape index (κ2) is 9.17. The topological polar surface area (TPSA) is 56.7 Å². The van der Waals surface area contributed by atoms with E-state index in [0.29, 0.717) is 36.1 Å². The Bertz CT molecular complexity index is 684. The molecule has 0 aliphatic carbocycles. The van der Waals surface area contributed by atoms with Crippen molar-refractivity contribution in [3.63, 3.8) is 0 Å². The van der Waals surface area contributed by atoms with Gasteiger partial charge in [-0.1, -0.05) is 17.7 Å². The number of rotatable bonds is 7. The molecule has 25 heavy (non-hydrogen) atoms. The van der Waals surface area contributed by atoms with Crippen LogP contribution < -0.4 is 10.6 Å². The van der Waals surface area contributed by atoms with E-state index in [1.54, 1.807) is 19.1 Å². The Morgan fingerprint density at radius 2 is 2.16 bits per heavy atom. The zero-order valence-electron chi connectivity index (χ0n) is 14.4. The van der Waals surface area contributed by atoms with Crippen molar-refractivity contribution in [1.82, 2.24) is 10.6 Å². The molecular formula is C18H23ClFN3OS. The van der Waals surface area contributed by atoms with Gasteiger partial charge >= 0.3 is 0 Å². The van der Waals surface area contributed by atoms with E-state index in [1.165, 1.54) is 17.4 Å². The molecule has 0 fully saturated rings. The van der Waals surface area contributed by atoms with Gasteiger partial charge in [-0.05, 0) is 54.8 Å². The van der Waals surface area contributed by atoms with Gasteiger partial charge in [0.05, 0.1) is 6.54 Å². The molecule has 1 unspecified atom stereocenters. The lowest BCUT2D eigenvalue weighted by Gasteiger charge is -2.21. The van der Waals surface area contributed by atoms with Gasteiger partial charge < -0.3 is 15.7 Å². The first-order valence-corrected chi connectivity index (χ1v) is 9.46. The molecule has 0 radical (unpaired) electrons. The van der Waals surface area contributed by atoms with Gasteiger partial charge in [0.2, 0.25) is 0 Å². The second-order valence-corrected chi connectivity index (χ2v) is 7.05. The van der Waals surface area contributed by atoms with Crippen LogP contribution in [0.1, 0.15) is 25.0 Å². The molecule has 1 aromatic heterocycles. The van der Waals surface area contributed by atoms with Crippen LogP contribution in [0.3, 0.4) is 0 Å². The number of hydrogen-bond donors (Lipinski definition) is 3. The Labute approximate surface area is 156 Å². The largest absolute Gasteiger partial charge is 0.383 e. The van der Waals surface area contributed by atoms with Crippen molar-refractivity contribution in [3.8, 4) is 0 Å². The van der Waals surface area contributed by atoms with Gasteiger partial charge in [-0.25, -0.2) is 9.38 Å². The molecule has 4 nitrogen and oxygen atoms in total. The molecule has 0 spiro atoms. The Balaban J connectivity index is 1.96. The number of hydrogen-bond acceptors (Lipinski definition) is 3. The van der Waals surface area contributed by atoms with Crippen molar-refractivity contribution in [3.05, 3.63) is 57.0 Å². The number of guanidine groups is 1. The minimum absolute atomic E-state index is 0.222. The lowest BCUT2D eigenvalue weighted by molar-refractivity contribution is 0.0677. The first-order chi connectivity index (χ1) is 11.9. The van der Waals surface area contributed by atoms with E-state index in [4.69, 9.17) is 11.6 Å². The Kier molecular flexibility index (Phi) is 7.23. The summed E-state index contributed by atoms with van der Waals surface area (Å²) < 4.78 is 13.8. The van der Waals surface area contributed by atoms with Gasteiger partial charge in [-0.15, -0.1) is 0 Å². The van der Waals surface area contributed by atoms with Crippen LogP contribution in [-0.2, 0) is 12.0 Å². The molecular weight excluding hydrogens is 361 g/mol. The highest BCUT2D eigenvalue weighted by molar-refractivity contribution is 7.08. The van der Waals surface area contributed by atoms with E-state index >= 15 is 0 Å². The molecule has 0 saturated heterocycles. The molecule has 136 valence electrons. The third-order valence-electron chi connectivity index (χ3n) is 3.76. The van der Waals surface area contributed by atoms with Gasteiger partial charge in [0.15, 0.2) is 5.96 Å².